The number of fused-ring (bicyclic) bond motifs is 1. The van der Waals surface area contributed by atoms with Crippen molar-refractivity contribution in [1.29, 1.82) is 0 Å². The van der Waals surface area contributed by atoms with Crippen molar-refractivity contribution in [2.24, 2.45) is 5.92 Å². The number of nitrogens with zero attached hydrogens (tertiary/aromatic N) is 3. The summed E-state index contributed by atoms with van der Waals surface area (Å²) < 4.78 is 2.42. The van der Waals surface area contributed by atoms with Gasteiger partial charge >= 0.3 is 0 Å². The molecule has 0 spiro atoms. The highest BCUT2D eigenvalue weighted by Gasteiger charge is 2.26. The van der Waals surface area contributed by atoms with Crippen LogP contribution in [0.25, 0.3) is 0 Å². The number of hydrogen-bond donors (Lipinski definition) is 0. The third kappa shape index (κ3) is 2.71. The van der Waals surface area contributed by atoms with Crippen LogP contribution in [0.3, 0.4) is 0 Å². The molecular formula is C16H27N3. The molecule has 2 atom stereocenters. The van der Waals surface area contributed by atoms with E-state index in [9.17, 15) is 0 Å². The van der Waals surface area contributed by atoms with E-state index in [-0.39, 0.29) is 0 Å². The fourth-order valence-electron chi connectivity index (χ4n) is 3.64. The average molecular weight is 261 g/mol. The van der Waals surface area contributed by atoms with Crippen molar-refractivity contribution >= 4 is 0 Å². The summed E-state index contributed by atoms with van der Waals surface area (Å²) in [7, 11) is 0. The standard InChI is InChI=1S/C16H27N3/c1-12(2)18-8-7-14(10-18)9-15-11-19-13(3)5-4-6-16(19)17-15/h11-14H,4-10H2,1-3H3. The first-order valence-electron chi connectivity index (χ1n) is 7.94. The Hall–Kier alpha value is -0.830. The average Bonchev–Trinajstić information content (AvgIpc) is 2.96. The number of rotatable bonds is 3. The van der Waals surface area contributed by atoms with Crippen LogP contribution < -0.4 is 0 Å². The van der Waals surface area contributed by atoms with E-state index in [2.05, 4.69) is 36.4 Å². The Morgan fingerprint density at radius 2 is 2.21 bits per heavy atom. The summed E-state index contributed by atoms with van der Waals surface area (Å²) in [6.45, 7) is 9.46. The van der Waals surface area contributed by atoms with Gasteiger partial charge in [0.2, 0.25) is 0 Å². The second-order valence-corrected chi connectivity index (χ2v) is 6.74. The zero-order valence-electron chi connectivity index (χ0n) is 12.6. The van der Waals surface area contributed by atoms with Crippen molar-refractivity contribution in [3.8, 4) is 0 Å². The molecule has 2 aliphatic rings. The molecule has 0 aliphatic carbocycles. The Morgan fingerprint density at radius 3 is 2.89 bits per heavy atom. The topological polar surface area (TPSA) is 21.1 Å². The molecule has 3 heteroatoms. The van der Waals surface area contributed by atoms with Crippen LogP contribution in [0.1, 0.15) is 57.6 Å². The van der Waals surface area contributed by atoms with Gasteiger partial charge in [-0.1, -0.05) is 0 Å². The Bertz CT molecular complexity index is 435. The van der Waals surface area contributed by atoms with Crippen molar-refractivity contribution in [2.45, 2.75) is 65.0 Å². The summed E-state index contributed by atoms with van der Waals surface area (Å²) in [6.07, 6.45) is 8.64. The first-order valence-corrected chi connectivity index (χ1v) is 7.94. The maximum Gasteiger partial charge on any atom is 0.109 e. The fraction of sp³-hybridized carbons (Fsp3) is 0.812. The lowest BCUT2D eigenvalue weighted by Crippen LogP contribution is -2.28. The largest absolute Gasteiger partial charge is 0.332 e. The van der Waals surface area contributed by atoms with Gasteiger partial charge in [0.05, 0.1) is 5.69 Å². The molecule has 1 aromatic rings. The molecule has 1 aromatic heterocycles. The van der Waals surface area contributed by atoms with Crippen LogP contribution in [0.5, 0.6) is 0 Å². The zero-order chi connectivity index (χ0) is 13.4. The van der Waals surface area contributed by atoms with Gasteiger partial charge in [-0.3, -0.25) is 0 Å². The van der Waals surface area contributed by atoms with Crippen molar-refractivity contribution < 1.29 is 0 Å². The lowest BCUT2D eigenvalue weighted by Gasteiger charge is -2.20. The summed E-state index contributed by atoms with van der Waals surface area (Å²) >= 11 is 0. The van der Waals surface area contributed by atoms with Gasteiger partial charge in [-0.2, -0.15) is 0 Å². The maximum atomic E-state index is 4.88. The van der Waals surface area contributed by atoms with Crippen LogP contribution in [-0.4, -0.2) is 33.6 Å². The Morgan fingerprint density at radius 1 is 1.37 bits per heavy atom. The number of imidazole rings is 1. The van der Waals surface area contributed by atoms with Crippen LogP contribution >= 0.6 is 0 Å². The Balaban J connectivity index is 1.65. The minimum absolute atomic E-state index is 0.653. The zero-order valence-corrected chi connectivity index (χ0v) is 12.6. The monoisotopic (exact) mass is 261 g/mol. The quantitative estimate of drug-likeness (QED) is 0.834. The molecule has 0 radical (unpaired) electrons. The molecule has 0 amide bonds. The highest BCUT2D eigenvalue weighted by Crippen LogP contribution is 2.27. The number of aromatic nitrogens is 2. The molecule has 19 heavy (non-hydrogen) atoms. The summed E-state index contributed by atoms with van der Waals surface area (Å²) in [5.41, 5.74) is 1.33. The van der Waals surface area contributed by atoms with Gasteiger partial charge in [-0.05, 0) is 58.9 Å². The molecule has 1 saturated heterocycles. The highest BCUT2D eigenvalue weighted by atomic mass is 15.2. The minimum Gasteiger partial charge on any atom is -0.332 e. The van der Waals surface area contributed by atoms with E-state index in [1.165, 1.54) is 56.7 Å². The molecular weight excluding hydrogens is 234 g/mol. The molecule has 106 valence electrons. The van der Waals surface area contributed by atoms with E-state index in [0.717, 1.165) is 5.92 Å². The number of hydrogen-bond acceptors (Lipinski definition) is 2. The Kier molecular flexibility index (Phi) is 3.66. The van der Waals surface area contributed by atoms with Gasteiger partial charge in [-0.15, -0.1) is 0 Å². The van der Waals surface area contributed by atoms with Crippen LogP contribution in [0.15, 0.2) is 6.20 Å². The third-order valence-corrected chi connectivity index (χ3v) is 4.90. The van der Waals surface area contributed by atoms with E-state index in [4.69, 9.17) is 4.98 Å². The lowest BCUT2D eigenvalue weighted by molar-refractivity contribution is 0.265. The number of likely N-dealkylation sites (tertiary alicyclic amines) is 1. The highest BCUT2D eigenvalue weighted by molar-refractivity contribution is 5.09. The summed E-state index contributed by atoms with van der Waals surface area (Å²) in [5, 5.41) is 0. The van der Waals surface area contributed by atoms with Gasteiger partial charge in [0, 0.05) is 31.2 Å². The van der Waals surface area contributed by atoms with E-state index >= 15 is 0 Å². The van der Waals surface area contributed by atoms with Gasteiger partial charge in [0.25, 0.3) is 0 Å². The van der Waals surface area contributed by atoms with Crippen molar-refractivity contribution in [2.75, 3.05) is 13.1 Å². The van der Waals surface area contributed by atoms with Crippen LogP contribution in [0.2, 0.25) is 0 Å². The molecule has 0 bridgehead atoms. The van der Waals surface area contributed by atoms with Gasteiger partial charge in [0.1, 0.15) is 5.82 Å². The fourth-order valence-corrected chi connectivity index (χ4v) is 3.64. The second kappa shape index (κ2) is 5.28. The molecule has 0 N–H and O–H groups in total. The second-order valence-electron chi connectivity index (χ2n) is 6.74. The predicted octanol–water partition coefficient (Wildman–Crippen LogP) is 3.05. The predicted molar refractivity (Wildman–Crippen MR) is 78.4 cm³/mol. The molecule has 2 unspecified atom stereocenters. The van der Waals surface area contributed by atoms with E-state index in [1.807, 2.05) is 0 Å². The first kappa shape index (κ1) is 13.2. The van der Waals surface area contributed by atoms with Crippen LogP contribution in [0.4, 0.5) is 0 Å². The van der Waals surface area contributed by atoms with Gasteiger partial charge in [-0.25, -0.2) is 4.98 Å². The maximum absolute atomic E-state index is 4.88. The van der Waals surface area contributed by atoms with Crippen molar-refractivity contribution in [3.63, 3.8) is 0 Å². The van der Waals surface area contributed by atoms with E-state index in [1.54, 1.807) is 0 Å². The van der Waals surface area contributed by atoms with Crippen LogP contribution in [-0.2, 0) is 12.8 Å². The lowest BCUT2D eigenvalue weighted by atomic mass is 10.0. The van der Waals surface area contributed by atoms with Gasteiger partial charge in [0.15, 0.2) is 0 Å². The smallest absolute Gasteiger partial charge is 0.109 e. The van der Waals surface area contributed by atoms with Crippen molar-refractivity contribution in [1.82, 2.24) is 14.5 Å². The summed E-state index contributed by atoms with van der Waals surface area (Å²) in [5.74, 6) is 2.14. The number of aryl methyl sites for hydroxylation is 1. The molecule has 3 heterocycles. The third-order valence-electron chi connectivity index (χ3n) is 4.90. The minimum atomic E-state index is 0.653. The summed E-state index contributed by atoms with van der Waals surface area (Å²) in [4.78, 5) is 7.48. The molecule has 3 rings (SSSR count). The normalized spacial score (nSPS) is 28.0. The van der Waals surface area contributed by atoms with Crippen LogP contribution in [0, 0.1) is 5.92 Å². The molecule has 0 saturated carbocycles. The van der Waals surface area contributed by atoms with E-state index < -0.39 is 0 Å². The van der Waals surface area contributed by atoms with Crippen molar-refractivity contribution in [3.05, 3.63) is 17.7 Å². The van der Waals surface area contributed by atoms with E-state index in [0.29, 0.717) is 12.1 Å². The molecule has 3 nitrogen and oxygen atoms in total. The molecule has 0 aromatic carbocycles. The molecule has 1 fully saturated rings. The molecule has 2 aliphatic heterocycles. The summed E-state index contributed by atoms with van der Waals surface area (Å²) in [6, 6.07) is 1.35. The van der Waals surface area contributed by atoms with Gasteiger partial charge < -0.3 is 9.47 Å². The Labute approximate surface area is 117 Å². The SMILES string of the molecule is CC(C)N1CCC(Cc2cn3c(n2)CCCC3C)C1. The first-order chi connectivity index (χ1) is 9.13.